The fourth-order valence-electron chi connectivity index (χ4n) is 4.69. The molecule has 3 N–H and O–H groups in total. The van der Waals surface area contributed by atoms with Crippen LogP contribution in [0.5, 0.6) is 0 Å². The van der Waals surface area contributed by atoms with Crippen LogP contribution in [0, 0.1) is 11.8 Å². The van der Waals surface area contributed by atoms with E-state index in [9.17, 15) is 48.8 Å². The second-order valence-electron chi connectivity index (χ2n) is 10.1. The smallest absolute Gasteiger partial charge is 0.748 e. The van der Waals surface area contributed by atoms with Gasteiger partial charge in [0.05, 0.1) is 19.9 Å². The van der Waals surface area contributed by atoms with Gasteiger partial charge in [-0.2, -0.15) is 25.2 Å². The van der Waals surface area contributed by atoms with Crippen molar-refractivity contribution in [3.8, 4) is 0 Å². The summed E-state index contributed by atoms with van der Waals surface area (Å²) in [6.45, 7) is 2.78. The molecular weight excluding hydrogens is 777 g/mol. The first-order valence-electron chi connectivity index (χ1n) is 13.2. The van der Waals surface area contributed by atoms with Crippen LogP contribution in [-0.2, 0) is 35.1 Å². The van der Waals surface area contributed by atoms with Gasteiger partial charge in [-0.1, -0.05) is 13.0 Å². The summed E-state index contributed by atoms with van der Waals surface area (Å²) >= 11 is 6.00. The van der Waals surface area contributed by atoms with Gasteiger partial charge in [-0.05, 0) is 60.8 Å². The Bertz CT molecular complexity index is 2070. The molecule has 1 aliphatic heterocycles. The number of aliphatic hydroxyl groups excluding tert-OH is 1. The number of aromatic nitrogens is 3. The Kier molecular flexibility index (Phi) is 17.8. The molecule has 0 spiro atoms. The van der Waals surface area contributed by atoms with Crippen LogP contribution in [0.4, 0.5) is 29.0 Å². The number of likely N-dealkylation sites (tertiary alicyclic amines) is 1. The fourth-order valence-corrected chi connectivity index (χ4v) is 6.91. The van der Waals surface area contributed by atoms with E-state index in [-0.39, 0.29) is 124 Å². The normalized spacial score (nSPS) is 19.6. The summed E-state index contributed by atoms with van der Waals surface area (Å²) in [6.07, 6.45) is -1.61. The average Bonchev–Trinajstić information content (AvgIpc) is 2.94. The molecule has 0 bridgehead atoms. The van der Waals surface area contributed by atoms with Crippen LogP contribution in [0.15, 0.2) is 62.5 Å². The Morgan fingerprint density at radius 3 is 2.00 bits per heavy atom. The summed E-state index contributed by atoms with van der Waals surface area (Å²) in [5.41, 5.74) is -0.400. The molecule has 1 amide bonds. The van der Waals surface area contributed by atoms with E-state index >= 15 is 0 Å². The van der Waals surface area contributed by atoms with Gasteiger partial charge in [0.1, 0.15) is 32.2 Å². The van der Waals surface area contributed by atoms with Crippen LogP contribution >= 0.6 is 11.6 Å². The third kappa shape index (κ3) is 12.3. The van der Waals surface area contributed by atoms with E-state index in [4.69, 9.17) is 11.6 Å². The second kappa shape index (κ2) is 18.9. The number of carbonyl (C=O) groups is 1. The number of rotatable bonds is 11. The van der Waals surface area contributed by atoms with E-state index in [0.717, 1.165) is 35.2 Å². The maximum absolute atomic E-state index is 13.1. The van der Waals surface area contributed by atoms with Crippen molar-refractivity contribution in [2.24, 2.45) is 22.1 Å². The predicted octanol–water partition coefficient (Wildman–Crippen LogP) is -7.74. The molecule has 1 saturated heterocycles. The summed E-state index contributed by atoms with van der Waals surface area (Å²) in [6, 6.07) is 6.45. The number of nitrogens with zero attached hydrogens (tertiary/aromatic N) is 6. The van der Waals surface area contributed by atoms with E-state index in [0.29, 0.717) is 0 Å². The molecule has 4 rings (SSSR count). The number of likely N-dealkylation sites (N-methyl/N-ethyl adjacent to an activating group) is 1. The molecule has 50 heavy (non-hydrogen) atoms. The number of carbonyl (C=O) groups excluding carboxylic acids is 1. The van der Waals surface area contributed by atoms with Crippen molar-refractivity contribution in [1.29, 1.82) is 0 Å². The van der Waals surface area contributed by atoms with Crippen molar-refractivity contribution in [2.45, 2.75) is 35.9 Å². The zero-order valence-electron chi connectivity index (χ0n) is 27.1. The number of azo groups is 1. The molecule has 19 nitrogen and oxygen atoms in total. The topological polar surface area (TPSA) is 300 Å². The summed E-state index contributed by atoms with van der Waals surface area (Å²) in [7, 11) is -14.7. The van der Waals surface area contributed by atoms with E-state index in [1.807, 2.05) is 0 Å². The summed E-state index contributed by atoms with van der Waals surface area (Å²) in [5, 5.41) is 23.3. The number of anilines is 4. The molecule has 0 aliphatic carbocycles. The number of nitrogens with one attached hydrogen (secondary N) is 2. The maximum Gasteiger partial charge on any atom is 1.00 e. The third-order valence-electron chi connectivity index (χ3n) is 6.91. The Balaban J connectivity index is 0.00000417. The molecule has 4 atom stereocenters. The van der Waals surface area contributed by atoms with Gasteiger partial charge in [-0.25, -0.2) is 25.3 Å². The molecule has 26 heteroatoms. The maximum atomic E-state index is 13.1. The molecule has 2 heterocycles. The zero-order valence-corrected chi connectivity index (χ0v) is 36.3. The molecular formula is C24H24ClN8Na3O11S3. The Morgan fingerprint density at radius 2 is 1.48 bits per heavy atom. The molecule has 4 unspecified atom stereocenters. The van der Waals surface area contributed by atoms with Crippen LogP contribution in [-0.4, -0.2) is 94.3 Å². The summed E-state index contributed by atoms with van der Waals surface area (Å²) in [5.74, 6) is -4.53. The van der Waals surface area contributed by atoms with Gasteiger partial charge in [0.25, 0.3) is 5.91 Å². The number of benzene rings is 2. The summed E-state index contributed by atoms with van der Waals surface area (Å²) < 4.78 is 104. The van der Waals surface area contributed by atoms with Crippen molar-refractivity contribution >= 4 is 76.8 Å². The van der Waals surface area contributed by atoms with Crippen LogP contribution in [0.2, 0.25) is 5.28 Å². The molecule has 3 aromatic rings. The van der Waals surface area contributed by atoms with Gasteiger partial charge >= 0.3 is 88.7 Å². The van der Waals surface area contributed by atoms with Gasteiger partial charge in [-0.15, -0.1) is 0 Å². The molecule has 1 aromatic heterocycles. The largest absolute Gasteiger partial charge is 1.00 e. The minimum Gasteiger partial charge on any atom is -0.748 e. The van der Waals surface area contributed by atoms with Gasteiger partial charge in [-0.3, -0.25) is 4.79 Å². The minimum absolute atomic E-state index is 0. The molecule has 0 saturated carbocycles. The van der Waals surface area contributed by atoms with Crippen molar-refractivity contribution in [1.82, 2.24) is 19.9 Å². The second-order valence-corrected chi connectivity index (χ2v) is 14.6. The van der Waals surface area contributed by atoms with Crippen LogP contribution in [0.3, 0.4) is 0 Å². The molecule has 2 aromatic carbocycles. The van der Waals surface area contributed by atoms with Crippen molar-refractivity contribution in [3.63, 3.8) is 0 Å². The molecule has 1 aliphatic rings. The molecule has 0 radical (unpaired) electrons. The van der Waals surface area contributed by atoms with E-state index in [2.05, 4.69) is 35.8 Å². The molecule has 1 fully saturated rings. The van der Waals surface area contributed by atoms with Crippen LogP contribution < -0.4 is 99.3 Å². The molecule has 254 valence electrons. The van der Waals surface area contributed by atoms with E-state index < -0.39 is 81.6 Å². The first-order valence-corrected chi connectivity index (χ1v) is 18.0. The number of amides is 1. The third-order valence-corrected chi connectivity index (χ3v) is 9.59. The van der Waals surface area contributed by atoms with Gasteiger partial charge in [0, 0.05) is 29.6 Å². The van der Waals surface area contributed by atoms with Gasteiger partial charge < -0.3 is 34.3 Å². The summed E-state index contributed by atoms with van der Waals surface area (Å²) in [4.78, 5) is 24.4. The zero-order chi connectivity index (χ0) is 34.9. The van der Waals surface area contributed by atoms with Gasteiger partial charge in [0.15, 0.2) is 6.04 Å². The monoisotopic (exact) mass is 800 g/mol. The van der Waals surface area contributed by atoms with Gasteiger partial charge in [0.2, 0.25) is 17.2 Å². The number of aliphatic hydroxyl groups is 1. The predicted molar refractivity (Wildman–Crippen MR) is 159 cm³/mol. The fraction of sp³-hybridized carbons (Fsp3) is 0.333. The number of halogens is 1. The van der Waals surface area contributed by atoms with Crippen molar-refractivity contribution < 1.29 is 137 Å². The van der Waals surface area contributed by atoms with E-state index in [1.54, 1.807) is 0 Å². The Morgan fingerprint density at radius 1 is 0.900 bits per heavy atom. The Hall–Kier alpha value is -0.900. The number of hydrogen-bond acceptors (Lipinski definition) is 18. The van der Waals surface area contributed by atoms with E-state index in [1.165, 1.54) is 26.0 Å². The standard InChI is InChI=1S/C24H27ClN8O11S3.3Na/c1-3-33-20(34)16(11-45(36,37)38)12(2)19(21(33)35)32-31-17-10-14(7-8-18(17)47(42,43)44)27-24-29-22(25)28-23(30-24)26-13-5-4-6-15(9-13)46(39,40)41;;;/h4-10,12,16,19-20,34H,3,11H2,1-2H3,(H,36,37,38)(H,39,40,41)(H,42,43,44)(H2,26,27,28,29,30);;;/q;3*+1/p-3. The number of hydrogen-bond donors (Lipinski definition) is 3. The van der Waals surface area contributed by atoms with Crippen molar-refractivity contribution in [2.75, 3.05) is 22.9 Å². The minimum atomic E-state index is -5.15. The first kappa shape index (κ1) is 47.1. The number of piperidine rings is 1. The van der Waals surface area contributed by atoms with Crippen LogP contribution in [0.1, 0.15) is 13.8 Å². The van der Waals surface area contributed by atoms with Crippen LogP contribution in [0.25, 0.3) is 0 Å². The van der Waals surface area contributed by atoms with Crippen molar-refractivity contribution in [3.05, 3.63) is 47.7 Å². The SMILES string of the molecule is CCN1C(=O)C(N=Nc2cc(Nc3nc(Cl)nc(Nc4cccc(S(=O)(=O)[O-])c4)n3)ccc2S(=O)(=O)[O-])C(C)C(CS(=O)(=O)[O-])C1O.[Na+].[Na+].[Na+]. The Labute approximate surface area is 358 Å². The quantitative estimate of drug-likeness (QED) is 0.0922. The first-order chi connectivity index (χ1) is 21.8. The average molecular weight is 801 g/mol.